The van der Waals surface area contributed by atoms with Crippen LogP contribution in [0.25, 0.3) is 0 Å². The van der Waals surface area contributed by atoms with E-state index in [2.05, 4.69) is 5.32 Å². The van der Waals surface area contributed by atoms with Gasteiger partial charge in [0.15, 0.2) is 0 Å². The zero-order valence-corrected chi connectivity index (χ0v) is 15.3. The Morgan fingerprint density at radius 1 is 1.23 bits per heavy atom. The molecule has 5 nitrogen and oxygen atoms in total. The van der Waals surface area contributed by atoms with Crippen molar-refractivity contribution in [2.45, 2.75) is 19.8 Å². The van der Waals surface area contributed by atoms with Crippen molar-refractivity contribution in [1.29, 1.82) is 0 Å². The van der Waals surface area contributed by atoms with E-state index in [4.69, 9.17) is 16.3 Å². The molecule has 26 heavy (non-hydrogen) atoms. The third kappa shape index (κ3) is 4.17. The average molecular weight is 373 g/mol. The predicted octanol–water partition coefficient (Wildman–Crippen LogP) is 4.12. The fourth-order valence-corrected chi connectivity index (χ4v) is 3.06. The molecular formula is C20H21ClN2O3. The van der Waals surface area contributed by atoms with Crippen LogP contribution in [0.4, 0.5) is 11.4 Å². The monoisotopic (exact) mass is 372 g/mol. The summed E-state index contributed by atoms with van der Waals surface area (Å²) in [6, 6.07) is 14.4. The van der Waals surface area contributed by atoms with Crippen molar-refractivity contribution in [3.8, 4) is 5.75 Å². The van der Waals surface area contributed by atoms with Crippen LogP contribution in [0, 0.1) is 5.92 Å². The number of anilines is 2. The number of carbonyl (C=O) groups is 2. The van der Waals surface area contributed by atoms with E-state index in [1.54, 1.807) is 29.2 Å². The zero-order valence-electron chi connectivity index (χ0n) is 14.6. The van der Waals surface area contributed by atoms with Gasteiger partial charge in [-0.2, -0.15) is 0 Å². The number of rotatable bonds is 6. The van der Waals surface area contributed by atoms with E-state index in [1.165, 1.54) is 0 Å². The number of para-hydroxylation sites is 1. The molecule has 0 aliphatic carbocycles. The van der Waals surface area contributed by atoms with Gasteiger partial charge < -0.3 is 15.0 Å². The van der Waals surface area contributed by atoms with Crippen LogP contribution in [-0.4, -0.2) is 25.0 Å². The number of benzene rings is 2. The Balaban J connectivity index is 1.64. The van der Waals surface area contributed by atoms with Crippen LogP contribution in [-0.2, 0) is 9.59 Å². The minimum absolute atomic E-state index is 0.0634. The quantitative estimate of drug-likeness (QED) is 0.829. The predicted molar refractivity (Wildman–Crippen MR) is 103 cm³/mol. The lowest BCUT2D eigenvalue weighted by atomic mass is 10.1. The molecule has 1 heterocycles. The normalized spacial score (nSPS) is 16.6. The number of carbonyl (C=O) groups excluding carboxylic acids is 2. The maximum Gasteiger partial charge on any atom is 0.229 e. The Morgan fingerprint density at radius 3 is 2.65 bits per heavy atom. The van der Waals surface area contributed by atoms with E-state index < -0.39 is 5.92 Å². The van der Waals surface area contributed by atoms with Gasteiger partial charge in [0, 0.05) is 18.7 Å². The highest BCUT2D eigenvalue weighted by atomic mass is 35.5. The fraction of sp³-hybridized carbons (Fsp3) is 0.300. The molecule has 1 N–H and O–H groups in total. The number of ether oxygens (including phenoxy) is 1. The van der Waals surface area contributed by atoms with E-state index >= 15 is 0 Å². The Morgan fingerprint density at radius 2 is 1.96 bits per heavy atom. The third-order valence-electron chi connectivity index (χ3n) is 4.25. The first-order valence-electron chi connectivity index (χ1n) is 8.67. The van der Waals surface area contributed by atoms with E-state index in [0.29, 0.717) is 23.9 Å². The molecular weight excluding hydrogens is 352 g/mol. The minimum Gasteiger partial charge on any atom is -0.494 e. The number of nitrogens with zero attached hydrogens (tertiary/aromatic N) is 1. The summed E-state index contributed by atoms with van der Waals surface area (Å²) in [6.07, 6.45) is 1.12. The molecule has 3 rings (SSSR count). The van der Waals surface area contributed by atoms with Gasteiger partial charge in [-0.15, -0.1) is 0 Å². The van der Waals surface area contributed by atoms with Gasteiger partial charge in [-0.05, 0) is 42.8 Å². The summed E-state index contributed by atoms with van der Waals surface area (Å²) >= 11 is 6.08. The molecule has 2 aromatic rings. The number of hydrogen-bond donors (Lipinski definition) is 1. The van der Waals surface area contributed by atoms with Gasteiger partial charge >= 0.3 is 0 Å². The van der Waals surface area contributed by atoms with Crippen molar-refractivity contribution in [3.05, 3.63) is 53.6 Å². The van der Waals surface area contributed by atoms with Gasteiger partial charge in [-0.25, -0.2) is 0 Å². The molecule has 1 atom stereocenters. The molecule has 1 aliphatic heterocycles. The van der Waals surface area contributed by atoms with Crippen molar-refractivity contribution in [3.63, 3.8) is 0 Å². The number of amides is 2. The van der Waals surface area contributed by atoms with Crippen LogP contribution in [0.3, 0.4) is 0 Å². The maximum atomic E-state index is 12.5. The third-order valence-corrected chi connectivity index (χ3v) is 4.58. The first kappa shape index (κ1) is 18.3. The van der Waals surface area contributed by atoms with E-state index in [-0.39, 0.29) is 18.2 Å². The summed E-state index contributed by atoms with van der Waals surface area (Å²) in [6.45, 7) is 3.06. The van der Waals surface area contributed by atoms with Gasteiger partial charge in [0.2, 0.25) is 11.8 Å². The SMILES string of the molecule is CCCOc1ccc(N2C[C@@H](C(=O)Nc3ccccc3Cl)CC2=O)cc1. The highest BCUT2D eigenvalue weighted by Crippen LogP contribution is 2.28. The zero-order chi connectivity index (χ0) is 18.5. The van der Waals surface area contributed by atoms with Crippen molar-refractivity contribution >= 4 is 34.8 Å². The molecule has 6 heteroatoms. The lowest BCUT2D eigenvalue weighted by Crippen LogP contribution is -2.28. The average Bonchev–Trinajstić information content (AvgIpc) is 3.04. The van der Waals surface area contributed by atoms with Crippen molar-refractivity contribution < 1.29 is 14.3 Å². The first-order chi connectivity index (χ1) is 12.6. The largest absolute Gasteiger partial charge is 0.494 e. The summed E-state index contributed by atoms with van der Waals surface area (Å²) in [5.41, 5.74) is 1.33. The second-order valence-corrected chi connectivity index (χ2v) is 6.62. The van der Waals surface area contributed by atoms with Gasteiger partial charge in [0.1, 0.15) is 5.75 Å². The summed E-state index contributed by atoms with van der Waals surface area (Å²) < 4.78 is 5.56. The van der Waals surface area contributed by atoms with Gasteiger partial charge in [-0.3, -0.25) is 9.59 Å². The molecule has 0 unspecified atom stereocenters. The lowest BCUT2D eigenvalue weighted by molar-refractivity contribution is -0.122. The van der Waals surface area contributed by atoms with E-state index in [9.17, 15) is 9.59 Å². The fourth-order valence-electron chi connectivity index (χ4n) is 2.87. The summed E-state index contributed by atoms with van der Waals surface area (Å²) in [7, 11) is 0. The molecule has 0 aromatic heterocycles. The lowest BCUT2D eigenvalue weighted by Gasteiger charge is -2.17. The molecule has 0 radical (unpaired) electrons. The Labute approximate surface area is 157 Å². The Kier molecular flexibility index (Phi) is 5.78. The van der Waals surface area contributed by atoms with Crippen molar-refractivity contribution in [1.82, 2.24) is 0 Å². The van der Waals surface area contributed by atoms with Gasteiger partial charge in [0.25, 0.3) is 0 Å². The van der Waals surface area contributed by atoms with E-state index in [1.807, 2.05) is 31.2 Å². The molecule has 1 aliphatic rings. The molecule has 0 spiro atoms. The molecule has 136 valence electrons. The molecule has 1 saturated heterocycles. The van der Waals surface area contributed by atoms with E-state index in [0.717, 1.165) is 17.9 Å². The van der Waals surface area contributed by atoms with Gasteiger partial charge in [-0.1, -0.05) is 30.7 Å². The molecule has 0 saturated carbocycles. The first-order valence-corrected chi connectivity index (χ1v) is 9.05. The second kappa shape index (κ2) is 8.23. The van der Waals surface area contributed by atoms with Crippen LogP contribution in [0.15, 0.2) is 48.5 Å². The molecule has 1 fully saturated rings. The smallest absolute Gasteiger partial charge is 0.229 e. The minimum atomic E-state index is -0.408. The van der Waals surface area contributed by atoms with Crippen LogP contribution >= 0.6 is 11.6 Å². The number of hydrogen-bond acceptors (Lipinski definition) is 3. The van der Waals surface area contributed by atoms with Gasteiger partial charge in [0.05, 0.1) is 23.2 Å². The summed E-state index contributed by atoms with van der Waals surface area (Å²) in [5, 5.41) is 3.28. The topological polar surface area (TPSA) is 58.6 Å². The number of halogens is 1. The van der Waals surface area contributed by atoms with Crippen LogP contribution in [0.1, 0.15) is 19.8 Å². The Hall–Kier alpha value is -2.53. The Bertz CT molecular complexity index is 792. The van der Waals surface area contributed by atoms with Crippen LogP contribution in [0.2, 0.25) is 5.02 Å². The second-order valence-electron chi connectivity index (χ2n) is 6.22. The van der Waals surface area contributed by atoms with Crippen molar-refractivity contribution in [2.24, 2.45) is 5.92 Å². The molecule has 2 aromatic carbocycles. The van der Waals surface area contributed by atoms with Crippen LogP contribution < -0.4 is 15.0 Å². The summed E-state index contributed by atoms with van der Waals surface area (Å²) in [5.74, 6) is 0.105. The maximum absolute atomic E-state index is 12.5. The van der Waals surface area contributed by atoms with Crippen molar-refractivity contribution in [2.75, 3.05) is 23.4 Å². The highest BCUT2D eigenvalue weighted by Gasteiger charge is 2.35. The van der Waals surface area contributed by atoms with Crippen LogP contribution in [0.5, 0.6) is 5.75 Å². The number of nitrogens with one attached hydrogen (secondary N) is 1. The molecule has 2 amide bonds. The standard InChI is InChI=1S/C20H21ClN2O3/c1-2-11-26-16-9-7-15(8-10-16)23-13-14(12-19(23)24)20(25)22-18-6-4-3-5-17(18)21/h3-10,14H,2,11-13H2,1H3,(H,22,25)/t14-/m0/s1. The highest BCUT2D eigenvalue weighted by molar-refractivity contribution is 6.33. The summed E-state index contributed by atoms with van der Waals surface area (Å²) in [4.78, 5) is 26.5. The molecule has 0 bridgehead atoms.